The lowest BCUT2D eigenvalue weighted by molar-refractivity contribution is 0.552. The first-order valence-electron chi connectivity index (χ1n) is 7.21. The Morgan fingerprint density at radius 2 is 2.10 bits per heavy atom. The second-order valence-corrected chi connectivity index (χ2v) is 5.57. The lowest BCUT2D eigenvalue weighted by atomic mass is 10.1. The van der Waals surface area contributed by atoms with Gasteiger partial charge in [-0.1, -0.05) is 19.9 Å². The Morgan fingerprint density at radius 1 is 1.29 bits per heavy atom. The van der Waals surface area contributed by atoms with Crippen molar-refractivity contribution in [1.82, 2.24) is 10.3 Å². The minimum absolute atomic E-state index is 0.234. The average Bonchev–Trinajstić information content (AvgIpc) is 2.47. The maximum atomic E-state index is 13.4. The molecule has 0 saturated heterocycles. The maximum Gasteiger partial charge on any atom is 0.125 e. The topological polar surface area (TPSA) is 28.2 Å². The van der Waals surface area contributed by atoms with Crippen molar-refractivity contribution in [2.24, 2.45) is 5.92 Å². The molecule has 0 amide bonds. The lowest BCUT2D eigenvalue weighted by Gasteiger charge is -2.22. The summed E-state index contributed by atoms with van der Waals surface area (Å²) in [6.07, 6.45) is 3.60. The van der Waals surface area contributed by atoms with E-state index in [1.54, 1.807) is 12.3 Å². The molecule has 2 aromatic rings. The van der Waals surface area contributed by atoms with E-state index in [-0.39, 0.29) is 5.82 Å². The van der Waals surface area contributed by atoms with Gasteiger partial charge in [0.1, 0.15) is 5.82 Å². The number of nitrogens with one attached hydrogen (secondary N) is 1. The average molecular weight is 287 g/mol. The van der Waals surface area contributed by atoms with Crippen LogP contribution in [0.2, 0.25) is 0 Å². The van der Waals surface area contributed by atoms with Crippen LogP contribution >= 0.6 is 0 Å². The Bertz CT molecular complexity index is 584. The number of anilines is 2. The number of rotatable bonds is 6. The van der Waals surface area contributed by atoms with Crippen LogP contribution in [0.4, 0.5) is 15.8 Å². The Balaban J connectivity index is 2.18. The zero-order valence-corrected chi connectivity index (χ0v) is 12.8. The second-order valence-electron chi connectivity index (χ2n) is 5.57. The van der Waals surface area contributed by atoms with Gasteiger partial charge in [0.25, 0.3) is 0 Å². The van der Waals surface area contributed by atoms with Gasteiger partial charge in [0.15, 0.2) is 0 Å². The molecule has 0 radical (unpaired) electrons. The quantitative estimate of drug-likeness (QED) is 0.877. The number of benzene rings is 1. The van der Waals surface area contributed by atoms with Crippen LogP contribution in [0, 0.1) is 11.7 Å². The number of aromatic nitrogens is 1. The summed E-state index contributed by atoms with van der Waals surface area (Å²) in [5, 5.41) is 3.43. The minimum Gasteiger partial charge on any atom is -0.343 e. The zero-order valence-electron chi connectivity index (χ0n) is 12.8. The zero-order chi connectivity index (χ0) is 15.2. The van der Waals surface area contributed by atoms with Crippen molar-refractivity contribution >= 4 is 11.4 Å². The van der Waals surface area contributed by atoms with E-state index in [0.29, 0.717) is 5.92 Å². The van der Waals surface area contributed by atoms with Crippen LogP contribution in [0.1, 0.15) is 19.4 Å². The Hall–Kier alpha value is -1.94. The van der Waals surface area contributed by atoms with Crippen LogP contribution in [0.15, 0.2) is 42.7 Å². The molecule has 1 N–H and O–H groups in total. The molecule has 1 aromatic carbocycles. The molecule has 2 rings (SSSR count). The van der Waals surface area contributed by atoms with Gasteiger partial charge in [-0.05, 0) is 42.3 Å². The van der Waals surface area contributed by atoms with Crippen molar-refractivity contribution < 1.29 is 4.39 Å². The molecule has 0 aliphatic heterocycles. The van der Waals surface area contributed by atoms with Crippen LogP contribution in [0.5, 0.6) is 0 Å². The fraction of sp³-hybridized carbons (Fsp3) is 0.353. The largest absolute Gasteiger partial charge is 0.343 e. The van der Waals surface area contributed by atoms with Gasteiger partial charge >= 0.3 is 0 Å². The molecule has 0 atom stereocenters. The SMILES string of the molecule is CC(C)CNCc1ccncc1N(C)c1cccc(F)c1. The van der Waals surface area contributed by atoms with Crippen LogP contribution in [0.3, 0.4) is 0 Å². The number of halogens is 1. The molecule has 0 bridgehead atoms. The minimum atomic E-state index is -0.234. The highest BCUT2D eigenvalue weighted by molar-refractivity contribution is 5.64. The molecule has 0 fully saturated rings. The lowest BCUT2D eigenvalue weighted by Crippen LogP contribution is -2.21. The Morgan fingerprint density at radius 3 is 2.81 bits per heavy atom. The van der Waals surface area contributed by atoms with Gasteiger partial charge in [0, 0.05) is 25.5 Å². The van der Waals surface area contributed by atoms with Crippen molar-refractivity contribution in [3.8, 4) is 0 Å². The van der Waals surface area contributed by atoms with E-state index in [2.05, 4.69) is 24.1 Å². The van der Waals surface area contributed by atoms with E-state index >= 15 is 0 Å². The highest BCUT2D eigenvalue weighted by Crippen LogP contribution is 2.26. The van der Waals surface area contributed by atoms with Crippen molar-refractivity contribution in [3.63, 3.8) is 0 Å². The summed E-state index contributed by atoms with van der Waals surface area (Å²) in [5.41, 5.74) is 2.95. The molecule has 1 aromatic heterocycles. The van der Waals surface area contributed by atoms with Crippen molar-refractivity contribution in [3.05, 3.63) is 54.1 Å². The smallest absolute Gasteiger partial charge is 0.125 e. The molecule has 3 nitrogen and oxygen atoms in total. The fourth-order valence-corrected chi connectivity index (χ4v) is 2.19. The normalized spacial score (nSPS) is 10.9. The summed E-state index contributed by atoms with van der Waals surface area (Å²) >= 11 is 0. The summed E-state index contributed by atoms with van der Waals surface area (Å²) in [7, 11) is 1.93. The molecule has 0 aliphatic rings. The molecule has 0 unspecified atom stereocenters. The van der Waals surface area contributed by atoms with E-state index in [9.17, 15) is 4.39 Å². The molecule has 1 heterocycles. The highest BCUT2D eigenvalue weighted by Gasteiger charge is 2.10. The van der Waals surface area contributed by atoms with E-state index in [0.717, 1.165) is 30.0 Å². The number of hydrogen-bond acceptors (Lipinski definition) is 3. The summed E-state index contributed by atoms with van der Waals surface area (Å²) in [6, 6.07) is 8.58. The van der Waals surface area contributed by atoms with Gasteiger partial charge < -0.3 is 10.2 Å². The van der Waals surface area contributed by atoms with Crippen LogP contribution in [-0.4, -0.2) is 18.6 Å². The molecular formula is C17H22FN3. The molecule has 4 heteroatoms. The van der Waals surface area contributed by atoms with Gasteiger partial charge in [0.2, 0.25) is 0 Å². The van der Waals surface area contributed by atoms with Crippen molar-refractivity contribution in [1.29, 1.82) is 0 Å². The molecule has 0 spiro atoms. The first kappa shape index (κ1) is 15.4. The van der Waals surface area contributed by atoms with Crippen LogP contribution < -0.4 is 10.2 Å². The first-order valence-corrected chi connectivity index (χ1v) is 7.21. The first-order chi connectivity index (χ1) is 10.1. The van der Waals surface area contributed by atoms with Gasteiger partial charge in [-0.15, -0.1) is 0 Å². The number of pyridine rings is 1. The predicted octanol–water partition coefficient (Wildman–Crippen LogP) is 3.73. The fourth-order valence-electron chi connectivity index (χ4n) is 2.19. The van der Waals surface area contributed by atoms with Gasteiger partial charge in [0.05, 0.1) is 11.9 Å². The molecule has 112 valence electrons. The highest BCUT2D eigenvalue weighted by atomic mass is 19.1. The van der Waals surface area contributed by atoms with E-state index in [1.165, 1.54) is 12.1 Å². The summed E-state index contributed by atoms with van der Waals surface area (Å²) in [4.78, 5) is 6.16. The van der Waals surface area contributed by atoms with Gasteiger partial charge in [-0.2, -0.15) is 0 Å². The molecule has 0 aliphatic carbocycles. The van der Waals surface area contributed by atoms with Crippen molar-refractivity contribution in [2.45, 2.75) is 20.4 Å². The third kappa shape index (κ3) is 4.26. The Kier molecular flexibility index (Phi) is 5.28. The summed E-state index contributed by atoms with van der Waals surface area (Å²) < 4.78 is 13.4. The molecular weight excluding hydrogens is 265 g/mol. The predicted molar refractivity (Wildman–Crippen MR) is 85.2 cm³/mol. The maximum absolute atomic E-state index is 13.4. The van der Waals surface area contributed by atoms with E-state index in [4.69, 9.17) is 0 Å². The van der Waals surface area contributed by atoms with E-state index in [1.807, 2.05) is 30.3 Å². The van der Waals surface area contributed by atoms with Gasteiger partial charge in [-0.25, -0.2) is 4.39 Å². The standard InChI is InChI=1S/C17H22FN3/c1-13(2)10-20-11-14-7-8-19-12-17(14)21(3)16-6-4-5-15(18)9-16/h4-9,12-13,20H,10-11H2,1-3H3. The van der Waals surface area contributed by atoms with Crippen LogP contribution in [0.25, 0.3) is 0 Å². The van der Waals surface area contributed by atoms with Crippen molar-refractivity contribution in [2.75, 3.05) is 18.5 Å². The number of nitrogens with zero attached hydrogens (tertiary/aromatic N) is 2. The number of hydrogen-bond donors (Lipinski definition) is 1. The third-order valence-electron chi connectivity index (χ3n) is 3.31. The third-order valence-corrected chi connectivity index (χ3v) is 3.31. The van der Waals surface area contributed by atoms with Gasteiger partial charge in [-0.3, -0.25) is 4.98 Å². The van der Waals surface area contributed by atoms with E-state index < -0.39 is 0 Å². The molecule has 21 heavy (non-hydrogen) atoms. The molecule has 0 saturated carbocycles. The second kappa shape index (κ2) is 7.18. The Labute approximate surface area is 125 Å². The monoisotopic (exact) mass is 287 g/mol. The summed E-state index contributed by atoms with van der Waals surface area (Å²) in [5.74, 6) is 0.374. The summed E-state index contributed by atoms with van der Waals surface area (Å²) in [6.45, 7) is 6.10. The van der Waals surface area contributed by atoms with Crippen LogP contribution in [-0.2, 0) is 6.54 Å².